The van der Waals surface area contributed by atoms with Gasteiger partial charge in [-0.1, -0.05) is 0 Å². The summed E-state index contributed by atoms with van der Waals surface area (Å²) in [4.78, 5) is 19.1. The maximum absolute atomic E-state index is 12.3. The Hall–Kier alpha value is -1.99. The molecule has 30 heavy (non-hydrogen) atoms. The van der Waals surface area contributed by atoms with Crippen molar-refractivity contribution in [2.45, 2.75) is 44.8 Å². The molecule has 0 spiro atoms. The number of hydrogen-bond acceptors (Lipinski definition) is 6. The Balaban J connectivity index is 1.48. The van der Waals surface area contributed by atoms with E-state index in [0.29, 0.717) is 0 Å². The van der Waals surface area contributed by atoms with Crippen molar-refractivity contribution in [3.05, 3.63) is 18.2 Å². The summed E-state index contributed by atoms with van der Waals surface area (Å²) < 4.78 is 17.3. The van der Waals surface area contributed by atoms with Crippen LogP contribution in [0.25, 0.3) is 0 Å². The van der Waals surface area contributed by atoms with E-state index in [4.69, 9.17) is 14.2 Å². The van der Waals surface area contributed by atoms with Crippen LogP contribution in [0.2, 0.25) is 0 Å². The first kappa shape index (κ1) is 21.2. The van der Waals surface area contributed by atoms with E-state index in [1.54, 1.807) is 14.0 Å². The highest BCUT2D eigenvalue weighted by Gasteiger charge is 2.31. The molecule has 7 nitrogen and oxygen atoms in total. The fourth-order valence-corrected chi connectivity index (χ4v) is 4.88. The molecule has 3 aliphatic rings. The van der Waals surface area contributed by atoms with Crippen molar-refractivity contribution in [2.24, 2.45) is 0 Å². The minimum Gasteiger partial charge on any atom is -0.493 e. The van der Waals surface area contributed by atoms with Crippen LogP contribution in [0.3, 0.4) is 0 Å². The number of morpholine rings is 1. The lowest BCUT2D eigenvalue weighted by Crippen LogP contribution is -2.59. The van der Waals surface area contributed by atoms with Gasteiger partial charge in [0.1, 0.15) is 0 Å². The molecule has 3 fully saturated rings. The number of benzene rings is 1. The quantitative estimate of drug-likeness (QED) is 0.709. The number of hydrogen-bond donors (Lipinski definition) is 0. The van der Waals surface area contributed by atoms with Crippen molar-refractivity contribution in [2.75, 3.05) is 64.5 Å². The third kappa shape index (κ3) is 5.01. The second-order valence-corrected chi connectivity index (χ2v) is 8.58. The Labute approximate surface area is 179 Å². The van der Waals surface area contributed by atoms with E-state index in [1.807, 2.05) is 11.0 Å². The molecule has 1 amide bonds. The van der Waals surface area contributed by atoms with Gasteiger partial charge in [0.25, 0.3) is 0 Å². The van der Waals surface area contributed by atoms with E-state index >= 15 is 0 Å². The average Bonchev–Trinajstić information content (AvgIpc) is 3.27. The zero-order valence-electron chi connectivity index (χ0n) is 18.3. The van der Waals surface area contributed by atoms with Gasteiger partial charge in [0.15, 0.2) is 11.5 Å². The fraction of sp³-hybridized carbons (Fsp3) is 0.696. The predicted octanol–water partition coefficient (Wildman–Crippen LogP) is 2.39. The summed E-state index contributed by atoms with van der Waals surface area (Å²) >= 11 is 0. The van der Waals surface area contributed by atoms with Crippen molar-refractivity contribution >= 4 is 11.6 Å². The normalized spacial score (nSPS) is 23.6. The number of carbonyl (C=O) groups excluding carboxylic acids is 1. The summed E-state index contributed by atoms with van der Waals surface area (Å²) in [5.74, 6) is 1.78. The zero-order valence-corrected chi connectivity index (χ0v) is 18.3. The minimum absolute atomic E-state index is 0.160. The molecule has 0 aromatic heterocycles. The first-order valence-corrected chi connectivity index (χ1v) is 11.3. The maximum atomic E-state index is 12.3. The number of rotatable bonds is 6. The lowest BCUT2D eigenvalue weighted by Gasteiger charge is -2.44. The highest BCUT2D eigenvalue weighted by atomic mass is 16.5. The van der Waals surface area contributed by atoms with Crippen molar-refractivity contribution in [3.8, 4) is 11.5 Å². The van der Waals surface area contributed by atoms with Gasteiger partial charge in [0.05, 0.1) is 32.5 Å². The number of nitrogens with zero attached hydrogens (tertiary/aromatic N) is 3. The maximum Gasteiger partial charge on any atom is 0.219 e. The monoisotopic (exact) mass is 417 g/mol. The molecule has 0 bridgehead atoms. The third-order valence-electron chi connectivity index (χ3n) is 6.57. The molecule has 0 N–H and O–H groups in total. The Morgan fingerprint density at radius 1 is 1.10 bits per heavy atom. The van der Waals surface area contributed by atoms with Gasteiger partial charge in [-0.05, 0) is 37.8 Å². The Bertz CT molecular complexity index is 716. The van der Waals surface area contributed by atoms with Gasteiger partial charge in [0.2, 0.25) is 5.91 Å². The standard InChI is InChI=1S/C23H35N3O4/c1-18(27)26-10-9-25(17-20(26)16-24-11-13-29-14-12-24)19-7-8-22(28-2)23(15-19)30-21-5-3-4-6-21/h7-8,15,20-21H,3-6,9-14,16-17H2,1-2H3. The molecule has 1 atom stereocenters. The Kier molecular flexibility index (Phi) is 7.00. The third-order valence-corrected chi connectivity index (χ3v) is 6.57. The smallest absolute Gasteiger partial charge is 0.219 e. The topological polar surface area (TPSA) is 54.5 Å². The molecule has 1 saturated carbocycles. The first-order chi connectivity index (χ1) is 14.6. The summed E-state index contributed by atoms with van der Waals surface area (Å²) in [6.07, 6.45) is 5.00. The van der Waals surface area contributed by atoms with Crippen LogP contribution < -0.4 is 14.4 Å². The summed E-state index contributed by atoms with van der Waals surface area (Å²) in [5.41, 5.74) is 1.14. The molecular weight excluding hydrogens is 382 g/mol. The molecule has 1 aliphatic carbocycles. The molecule has 4 rings (SSSR count). The van der Waals surface area contributed by atoms with Gasteiger partial charge in [-0.2, -0.15) is 0 Å². The molecular formula is C23H35N3O4. The van der Waals surface area contributed by atoms with E-state index in [2.05, 4.69) is 21.9 Å². The molecule has 1 unspecified atom stereocenters. The molecule has 1 aromatic rings. The van der Waals surface area contributed by atoms with Gasteiger partial charge in [-0.25, -0.2) is 0 Å². The number of piperazine rings is 1. The van der Waals surface area contributed by atoms with Crippen LogP contribution in [0.15, 0.2) is 18.2 Å². The average molecular weight is 418 g/mol. The van der Waals surface area contributed by atoms with Crippen molar-refractivity contribution in [1.82, 2.24) is 9.80 Å². The van der Waals surface area contributed by atoms with Gasteiger partial charge in [0, 0.05) is 57.9 Å². The number of methoxy groups -OCH3 is 1. The molecule has 1 aromatic carbocycles. The second-order valence-electron chi connectivity index (χ2n) is 8.58. The molecule has 7 heteroatoms. The van der Waals surface area contributed by atoms with Crippen LogP contribution in [0.5, 0.6) is 11.5 Å². The number of ether oxygens (including phenoxy) is 3. The summed E-state index contributed by atoms with van der Waals surface area (Å²) in [5, 5.41) is 0. The Morgan fingerprint density at radius 3 is 2.57 bits per heavy atom. The van der Waals surface area contributed by atoms with Gasteiger partial charge < -0.3 is 24.0 Å². The SMILES string of the molecule is COc1ccc(N2CCN(C(C)=O)C(CN3CCOCC3)C2)cc1OC1CCCC1. The summed E-state index contributed by atoms with van der Waals surface area (Å²) in [7, 11) is 1.69. The van der Waals surface area contributed by atoms with Crippen molar-refractivity contribution in [3.63, 3.8) is 0 Å². The largest absolute Gasteiger partial charge is 0.493 e. The highest BCUT2D eigenvalue weighted by Crippen LogP contribution is 2.35. The highest BCUT2D eigenvalue weighted by molar-refractivity contribution is 5.74. The Morgan fingerprint density at radius 2 is 1.87 bits per heavy atom. The van der Waals surface area contributed by atoms with Crippen LogP contribution in [0, 0.1) is 0 Å². The van der Waals surface area contributed by atoms with Gasteiger partial charge in [-0.3, -0.25) is 9.69 Å². The van der Waals surface area contributed by atoms with Gasteiger partial charge >= 0.3 is 0 Å². The number of anilines is 1. The predicted molar refractivity (Wildman–Crippen MR) is 117 cm³/mol. The van der Waals surface area contributed by atoms with Crippen LogP contribution in [-0.4, -0.2) is 87.4 Å². The van der Waals surface area contributed by atoms with Crippen LogP contribution in [-0.2, 0) is 9.53 Å². The molecule has 2 aliphatic heterocycles. The van der Waals surface area contributed by atoms with E-state index < -0.39 is 0 Å². The minimum atomic E-state index is 0.160. The first-order valence-electron chi connectivity index (χ1n) is 11.3. The molecule has 2 heterocycles. The van der Waals surface area contributed by atoms with Crippen molar-refractivity contribution in [1.29, 1.82) is 0 Å². The van der Waals surface area contributed by atoms with E-state index in [0.717, 1.165) is 82.5 Å². The van der Waals surface area contributed by atoms with Crippen molar-refractivity contribution < 1.29 is 19.0 Å². The lowest BCUT2D eigenvalue weighted by atomic mass is 10.1. The van der Waals surface area contributed by atoms with E-state index in [9.17, 15) is 4.79 Å². The summed E-state index contributed by atoms with van der Waals surface area (Å²) in [6, 6.07) is 6.41. The number of carbonyl (C=O) groups is 1. The van der Waals surface area contributed by atoms with E-state index in [-0.39, 0.29) is 18.1 Å². The molecule has 166 valence electrons. The zero-order chi connectivity index (χ0) is 20.9. The molecule has 2 saturated heterocycles. The van der Waals surface area contributed by atoms with Crippen LogP contribution in [0.1, 0.15) is 32.6 Å². The lowest BCUT2D eigenvalue weighted by molar-refractivity contribution is -0.132. The second kappa shape index (κ2) is 9.88. The van der Waals surface area contributed by atoms with Crippen LogP contribution >= 0.6 is 0 Å². The summed E-state index contributed by atoms with van der Waals surface area (Å²) in [6.45, 7) is 8.39. The van der Waals surface area contributed by atoms with Gasteiger partial charge in [-0.15, -0.1) is 0 Å². The van der Waals surface area contributed by atoms with Crippen LogP contribution in [0.4, 0.5) is 5.69 Å². The fourth-order valence-electron chi connectivity index (χ4n) is 4.88. The number of amides is 1. The van der Waals surface area contributed by atoms with E-state index in [1.165, 1.54) is 12.8 Å². The molecule has 0 radical (unpaired) electrons.